The van der Waals surface area contributed by atoms with Crippen LogP contribution in [0.15, 0.2) is 0 Å². The van der Waals surface area contributed by atoms with E-state index in [4.69, 9.17) is 5.11 Å². The summed E-state index contributed by atoms with van der Waals surface area (Å²) in [4.78, 5) is 12.1. The van der Waals surface area contributed by atoms with E-state index in [1.807, 2.05) is 6.92 Å². The van der Waals surface area contributed by atoms with Gasteiger partial charge in [0.2, 0.25) is 0 Å². The minimum absolute atomic E-state index is 0.407. The van der Waals surface area contributed by atoms with Crippen LogP contribution in [0.4, 0.5) is 0 Å². The van der Waals surface area contributed by atoms with E-state index in [0.717, 1.165) is 0 Å². The Morgan fingerprint density at radius 2 is 2.08 bits per heavy atom. The number of carboxylic acid groups (broad SMARTS) is 1. The van der Waals surface area contributed by atoms with Gasteiger partial charge in [-0.25, -0.2) is 0 Å². The minimum Gasteiger partial charge on any atom is -0.480 e. The van der Waals surface area contributed by atoms with Crippen LogP contribution in [0.25, 0.3) is 0 Å². The monoisotopic (exact) mass is 175 g/mol. The molecule has 0 amide bonds. The lowest BCUT2D eigenvalue weighted by molar-refractivity contribution is -0.142. The summed E-state index contributed by atoms with van der Waals surface area (Å²) in [5, 5.41) is 17.8. The fourth-order valence-corrected chi connectivity index (χ4v) is 0.808. The van der Waals surface area contributed by atoms with Crippen LogP contribution in [-0.4, -0.2) is 46.8 Å². The van der Waals surface area contributed by atoms with Crippen LogP contribution in [0, 0.1) is 0 Å². The van der Waals surface area contributed by atoms with E-state index in [-0.39, 0.29) is 0 Å². The molecule has 2 N–H and O–H groups in total. The summed E-state index contributed by atoms with van der Waals surface area (Å²) in [7, 11) is 1.69. The molecule has 0 heterocycles. The molecule has 0 spiro atoms. The second-order valence-electron chi connectivity index (χ2n) is 3.02. The Morgan fingerprint density at radius 1 is 1.58 bits per heavy atom. The topological polar surface area (TPSA) is 60.8 Å². The van der Waals surface area contributed by atoms with Crippen molar-refractivity contribution in [2.75, 3.05) is 13.6 Å². The maximum atomic E-state index is 10.5. The second kappa shape index (κ2) is 5.11. The maximum absolute atomic E-state index is 10.5. The highest BCUT2D eigenvalue weighted by Crippen LogP contribution is 1.99. The standard InChI is InChI=1S/C8H17NO3/c1-4-7(10)5-9(3)6(2)8(11)12/h6-7,10H,4-5H2,1-3H3,(H,11,12). The van der Waals surface area contributed by atoms with Gasteiger partial charge >= 0.3 is 5.97 Å². The number of nitrogens with zero attached hydrogens (tertiary/aromatic N) is 1. The molecule has 0 saturated carbocycles. The summed E-state index contributed by atoms with van der Waals surface area (Å²) < 4.78 is 0. The first-order valence-corrected chi connectivity index (χ1v) is 4.10. The Balaban J connectivity index is 3.86. The molecule has 0 aromatic heterocycles. The van der Waals surface area contributed by atoms with Gasteiger partial charge in [0.05, 0.1) is 6.10 Å². The number of carboxylic acids is 1. The number of carbonyl (C=O) groups is 1. The molecule has 0 aromatic carbocycles. The predicted octanol–water partition coefficient (Wildman–Crippen LogP) is 0.162. The molecular weight excluding hydrogens is 158 g/mol. The molecule has 12 heavy (non-hydrogen) atoms. The van der Waals surface area contributed by atoms with Gasteiger partial charge < -0.3 is 10.2 Å². The van der Waals surface area contributed by atoms with Crippen molar-refractivity contribution in [1.82, 2.24) is 4.90 Å². The molecule has 0 aromatic rings. The van der Waals surface area contributed by atoms with Crippen molar-refractivity contribution in [3.63, 3.8) is 0 Å². The van der Waals surface area contributed by atoms with Gasteiger partial charge in [0.15, 0.2) is 0 Å². The first kappa shape index (κ1) is 11.4. The molecule has 0 aliphatic carbocycles. The third-order valence-electron chi connectivity index (χ3n) is 1.99. The van der Waals surface area contributed by atoms with Gasteiger partial charge in [0.25, 0.3) is 0 Å². The second-order valence-corrected chi connectivity index (χ2v) is 3.02. The van der Waals surface area contributed by atoms with E-state index in [1.54, 1.807) is 18.9 Å². The maximum Gasteiger partial charge on any atom is 0.320 e. The summed E-state index contributed by atoms with van der Waals surface area (Å²) in [5.74, 6) is -0.860. The van der Waals surface area contributed by atoms with Crippen LogP contribution >= 0.6 is 0 Å². The van der Waals surface area contributed by atoms with Crippen molar-refractivity contribution in [2.24, 2.45) is 0 Å². The zero-order valence-corrected chi connectivity index (χ0v) is 7.82. The Labute approximate surface area is 72.8 Å². The summed E-state index contributed by atoms with van der Waals surface area (Å²) in [6.07, 6.45) is 0.216. The number of aliphatic hydroxyl groups is 1. The van der Waals surface area contributed by atoms with Crippen LogP contribution in [0.5, 0.6) is 0 Å². The highest BCUT2D eigenvalue weighted by molar-refractivity contribution is 5.72. The van der Waals surface area contributed by atoms with Crippen molar-refractivity contribution in [1.29, 1.82) is 0 Å². The van der Waals surface area contributed by atoms with Gasteiger partial charge in [-0.15, -0.1) is 0 Å². The first-order valence-electron chi connectivity index (χ1n) is 4.10. The van der Waals surface area contributed by atoms with Crippen LogP contribution in [0.3, 0.4) is 0 Å². The molecule has 72 valence electrons. The molecule has 2 atom stereocenters. The van der Waals surface area contributed by atoms with Crippen molar-refractivity contribution in [2.45, 2.75) is 32.4 Å². The molecule has 0 bridgehead atoms. The summed E-state index contributed by atoms with van der Waals surface area (Å²) >= 11 is 0. The largest absolute Gasteiger partial charge is 0.480 e. The third-order valence-corrected chi connectivity index (χ3v) is 1.99. The number of rotatable bonds is 5. The Morgan fingerprint density at radius 3 is 2.42 bits per heavy atom. The lowest BCUT2D eigenvalue weighted by Gasteiger charge is -2.23. The van der Waals surface area contributed by atoms with E-state index < -0.39 is 18.1 Å². The van der Waals surface area contributed by atoms with Gasteiger partial charge in [0.1, 0.15) is 6.04 Å². The van der Waals surface area contributed by atoms with Crippen molar-refractivity contribution < 1.29 is 15.0 Å². The molecule has 0 aliphatic rings. The van der Waals surface area contributed by atoms with E-state index in [2.05, 4.69) is 0 Å². The van der Waals surface area contributed by atoms with Crippen LogP contribution < -0.4 is 0 Å². The van der Waals surface area contributed by atoms with Gasteiger partial charge in [-0.2, -0.15) is 0 Å². The third kappa shape index (κ3) is 3.69. The zero-order chi connectivity index (χ0) is 9.72. The molecule has 0 aliphatic heterocycles. The van der Waals surface area contributed by atoms with E-state index in [1.165, 1.54) is 0 Å². The number of aliphatic carboxylic acids is 1. The Hall–Kier alpha value is -0.610. The number of aliphatic hydroxyl groups excluding tert-OH is 1. The quantitative estimate of drug-likeness (QED) is 0.625. The smallest absolute Gasteiger partial charge is 0.320 e. The van der Waals surface area contributed by atoms with Crippen LogP contribution in [0.1, 0.15) is 20.3 Å². The lowest BCUT2D eigenvalue weighted by Crippen LogP contribution is -2.40. The number of likely N-dealkylation sites (N-methyl/N-ethyl adjacent to an activating group) is 1. The average Bonchev–Trinajstić information content (AvgIpc) is 2.02. The molecular formula is C8H17NO3. The molecule has 0 saturated heterocycles. The molecule has 0 rings (SSSR count). The summed E-state index contributed by atoms with van der Waals surface area (Å²) in [6, 6.07) is -0.536. The highest BCUT2D eigenvalue weighted by atomic mass is 16.4. The van der Waals surface area contributed by atoms with Crippen LogP contribution in [-0.2, 0) is 4.79 Å². The van der Waals surface area contributed by atoms with Crippen LogP contribution in [0.2, 0.25) is 0 Å². The molecule has 2 unspecified atom stereocenters. The highest BCUT2D eigenvalue weighted by Gasteiger charge is 2.18. The molecule has 4 heteroatoms. The Kier molecular flexibility index (Phi) is 4.85. The van der Waals surface area contributed by atoms with Gasteiger partial charge in [-0.1, -0.05) is 6.92 Å². The predicted molar refractivity (Wildman–Crippen MR) is 46.0 cm³/mol. The molecule has 0 radical (unpaired) electrons. The van der Waals surface area contributed by atoms with Gasteiger partial charge in [-0.05, 0) is 20.4 Å². The van der Waals surface area contributed by atoms with Crippen molar-refractivity contribution in [3.05, 3.63) is 0 Å². The first-order chi connectivity index (χ1) is 5.49. The number of hydrogen-bond acceptors (Lipinski definition) is 3. The van der Waals surface area contributed by atoms with Crippen molar-refractivity contribution >= 4 is 5.97 Å². The van der Waals surface area contributed by atoms with Crippen molar-refractivity contribution in [3.8, 4) is 0 Å². The minimum atomic E-state index is -0.860. The Bertz CT molecular complexity index is 149. The van der Waals surface area contributed by atoms with E-state index in [0.29, 0.717) is 13.0 Å². The summed E-state index contributed by atoms with van der Waals surface area (Å²) in [6.45, 7) is 3.87. The average molecular weight is 175 g/mol. The number of hydrogen-bond donors (Lipinski definition) is 2. The van der Waals surface area contributed by atoms with E-state index >= 15 is 0 Å². The normalized spacial score (nSPS) is 16.1. The zero-order valence-electron chi connectivity index (χ0n) is 7.82. The summed E-state index contributed by atoms with van der Waals surface area (Å²) in [5.41, 5.74) is 0. The van der Waals surface area contributed by atoms with E-state index in [9.17, 15) is 9.90 Å². The van der Waals surface area contributed by atoms with Gasteiger partial charge in [-0.3, -0.25) is 9.69 Å². The fourth-order valence-electron chi connectivity index (χ4n) is 0.808. The lowest BCUT2D eigenvalue weighted by atomic mass is 10.2. The fraction of sp³-hybridized carbons (Fsp3) is 0.875. The molecule has 4 nitrogen and oxygen atoms in total. The SMILES string of the molecule is CCC(O)CN(C)C(C)C(=O)O. The van der Waals surface area contributed by atoms with Gasteiger partial charge in [0, 0.05) is 6.54 Å². The molecule has 0 fully saturated rings.